The van der Waals surface area contributed by atoms with Crippen LogP contribution in [0.2, 0.25) is 0 Å². The number of hydrazone groups is 1. The Kier molecular flexibility index (Phi) is 6.16. The number of hydrogen-bond donors (Lipinski definition) is 3. The number of nitro benzene ring substituents is 1. The predicted octanol–water partition coefficient (Wildman–Crippen LogP) is 4.93. The van der Waals surface area contributed by atoms with E-state index in [2.05, 4.69) is 20.5 Å². The van der Waals surface area contributed by atoms with Gasteiger partial charge in [-0.05, 0) is 23.6 Å². The second-order valence-electron chi connectivity index (χ2n) is 8.80. The number of hydrogen-bond acceptors (Lipinski definition) is 8. The number of rotatable bonds is 6. The summed E-state index contributed by atoms with van der Waals surface area (Å²) in [5, 5.41) is 26.5. The number of nitrogens with zero attached hydrogens (tertiary/aromatic N) is 3. The summed E-state index contributed by atoms with van der Waals surface area (Å²) in [5.41, 5.74) is 4.78. The van der Waals surface area contributed by atoms with Gasteiger partial charge in [-0.2, -0.15) is 5.10 Å². The molecule has 9 nitrogen and oxygen atoms in total. The second-order valence-corrected chi connectivity index (χ2v) is 9.88. The lowest BCUT2D eigenvalue weighted by molar-refractivity contribution is -0.384. The highest BCUT2D eigenvalue weighted by Crippen LogP contribution is 2.33. The first-order valence-electron chi connectivity index (χ1n) is 10.5. The molecule has 0 bridgehead atoms. The quantitative estimate of drug-likeness (QED) is 0.205. The molecule has 0 saturated carbocycles. The number of aromatic hydroxyl groups is 1. The van der Waals surface area contributed by atoms with Crippen LogP contribution in [0.5, 0.6) is 5.75 Å². The Hall–Kier alpha value is -4.05. The molecule has 0 spiro atoms. The van der Waals surface area contributed by atoms with Crippen molar-refractivity contribution in [2.75, 3.05) is 5.43 Å². The van der Waals surface area contributed by atoms with E-state index < -0.39 is 4.92 Å². The minimum atomic E-state index is -0.540. The minimum absolute atomic E-state index is 0.123. The van der Waals surface area contributed by atoms with Crippen molar-refractivity contribution in [3.8, 4) is 5.75 Å². The van der Waals surface area contributed by atoms with Crippen molar-refractivity contribution in [3.05, 3.63) is 90.7 Å². The maximum Gasteiger partial charge on any atom is 0.270 e. The number of H-pyrrole nitrogens is 1. The first-order chi connectivity index (χ1) is 16.1. The third-order valence-electron chi connectivity index (χ3n) is 5.17. The Balaban J connectivity index is 1.62. The number of benzene rings is 2. The van der Waals surface area contributed by atoms with Crippen molar-refractivity contribution < 1.29 is 10.0 Å². The van der Waals surface area contributed by atoms with Gasteiger partial charge in [0.05, 0.1) is 16.8 Å². The van der Waals surface area contributed by atoms with Crippen LogP contribution >= 0.6 is 11.3 Å². The lowest BCUT2D eigenvalue weighted by Crippen LogP contribution is -2.17. The maximum atomic E-state index is 12.7. The molecule has 2 aromatic carbocycles. The van der Waals surface area contributed by atoms with Gasteiger partial charge >= 0.3 is 0 Å². The zero-order valence-corrected chi connectivity index (χ0v) is 19.6. The number of aromatic amines is 1. The molecule has 2 heterocycles. The van der Waals surface area contributed by atoms with Crippen LogP contribution in [0.3, 0.4) is 0 Å². The van der Waals surface area contributed by atoms with E-state index in [4.69, 9.17) is 0 Å². The Morgan fingerprint density at radius 1 is 1.24 bits per heavy atom. The van der Waals surface area contributed by atoms with Gasteiger partial charge in [0.15, 0.2) is 0 Å². The topological polar surface area (TPSA) is 134 Å². The number of phenols is 1. The largest absolute Gasteiger partial charge is 0.507 e. The molecule has 174 valence electrons. The summed E-state index contributed by atoms with van der Waals surface area (Å²) in [6, 6.07) is 13.2. The van der Waals surface area contributed by atoms with Crippen LogP contribution in [0.25, 0.3) is 10.9 Å². The molecular formula is C24H23N5O4S. The van der Waals surface area contributed by atoms with Crippen LogP contribution in [-0.4, -0.2) is 26.2 Å². The SMILES string of the molecule is CC(C)(C)c1nc(N/N=C/c2cc([N+](=O)[O-])ccc2O)sc1Cc1cc2ccccc2[nH]c1=O. The van der Waals surface area contributed by atoms with Crippen molar-refractivity contribution in [2.24, 2.45) is 5.10 Å². The van der Waals surface area contributed by atoms with Crippen molar-refractivity contribution >= 4 is 39.3 Å². The van der Waals surface area contributed by atoms with E-state index in [0.717, 1.165) is 21.5 Å². The molecule has 34 heavy (non-hydrogen) atoms. The summed E-state index contributed by atoms with van der Waals surface area (Å²) in [5.74, 6) is -0.123. The van der Waals surface area contributed by atoms with E-state index >= 15 is 0 Å². The minimum Gasteiger partial charge on any atom is -0.507 e. The molecule has 0 unspecified atom stereocenters. The molecule has 0 amide bonds. The van der Waals surface area contributed by atoms with Gasteiger partial charge in [0.1, 0.15) is 5.75 Å². The summed E-state index contributed by atoms with van der Waals surface area (Å²) in [6.45, 7) is 6.14. The molecule has 0 atom stereocenters. The van der Waals surface area contributed by atoms with Gasteiger partial charge in [0, 0.05) is 45.5 Å². The highest BCUT2D eigenvalue weighted by molar-refractivity contribution is 7.15. The lowest BCUT2D eigenvalue weighted by atomic mass is 9.90. The van der Waals surface area contributed by atoms with Crippen molar-refractivity contribution in [1.82, 2.24) is 9.97 Å². The van der Waals surface area contributed by atoms with Crippen LogP contribution in [0, 0.1) is 10.1 Å². The van der Waals surface area contributed by atoms with E-state index in [1.54, 1.807) is 0 Å². The number of aromatic nitrogens is 2. The fourth-order valence-corrected chi connectivity index (χ4v) is 4.66. The molecule has 10 heteroatoms. The van der Waals surface area contributed by atoms with Crippen LogP contribution in [0.4, 0.5) is 10.8 Å². The second kappa shape index (κ2) is 9.06. The van der Waals surface area contributed by atoms with Gasteiger partial charge < -0.3 is 10.1 Å². The van der Waals surface area contributed by atoms with Crippen LogP contribution in [0.1, 0.15) is 42.5 Å². The van der Waals surface area contributed by atoms with E-state index in [0.29, 0.717) is 17.1 Å². The number of nitrogens with one attached hydrogen (secondary N) is 2. The predicted molar refractivity (Wildman–Crippen MR) is 134 cm³/mol. The number of nitro groups is 1. The highest BCUT2D eigenvalue weighted by atomic mass is 32.1. The van der Waals surface area contributed by atoms with Crippen LogP contribution in [0.15, 0.2) is 58.4 Å². The Bertz CT molecular complexity index is 1470. The molecule has 2 aromatic heterocycles. The van der Waals surface area contributed by atoms with Gasteiger partial charge in [-0.1, -0.05) is 50.3 Å². The summed E-state index contributed by atoms with van der Waals surface area (Å²) < 4.78 is 0. The first-order valence-corrected chi connectivity index (χ1v) is 11.3. The van der Waals surface area contributed by atoms with Crippen LogP contribution < -0.4 is 11.0 Å². The number of thiazole rings is 1. The van der Waals surface area contributed by atoms with Gasteiger partial charge in [0.25, 0.3) is 11.2 Å². The highest BCUT2D eigenvalue weighted by Gasteiger charge is 2.24. The normalized spacial score (nSPS) is 11.9. The summed E-state index contributed by atoms with van der Waals surface area (Å²) in [4.78, 5) is 31.6. The Labute approximate surface area is 199 Å². The lowest BCUT2D eigenvalue weighted by Gasteiger charge is -2.17. The molecule has 3 N–H and O–H groups in total. The molecule has 0 aliphatic carbocycles. The van der Waals surface area contributed by atoms with Gasteiger partial charge in [-0.15, -0.1) is 0 Å². The van der Waals surface area contributed by atoms with E-state index in [1.165, 1.54) is 35.8 Å². The molecule has 4 rings (SSSR count). The molecule has 0 aliphatic heterocycles. The molecule has 0 radical (unpaired) electrons. The molecule has 0 aliphatic rings. The third-order valence-corrected chi connectivity index (χ3v) is 6.13. The number of non-ortho nitro benzene ring substituents is 1. The van der Waals surface area contributed by atoms with E-state index in [9.17, 15) is 20.0 Å². The molecular weight excluding hydrogens is 454 g/mol. The van der Waals surface area contributed by atoms with Crippen molar-refractivity contribution in [1.29, 1.82) is 0 Å². The van der Waals surface area contributed by atoms with E-state index in [1.807, 2.05) is 51.1 Å². The van der Waals surface area contributed by atoms with Gasteiger partial charge in [0.2, 0.25) is 5.13 Å². The zero-order valence-electron chi connectivity index (χ0n) is 18.8. The standard InChI is InChI=1S/C24H23N5O4S/c1-24(2,3)21-20(12-15-10-14-6-4-5-7-18(14)26-22(15)31)34-23(27-21)28-25-13-16-11-17(29(32)33)8-9-19(16)30/h4-11,13,30H,12H2,1-3H3,(H,26,31)(H,27,28)/b25-13+. The number of para-hydroxylation sites is 1. The van der Waals surface area contributed by atoms with Gasteiger partial charge in [-0.3, -0.25) is 20.3 Å². The Morgan fingerprint density at radius 3 is 2.74 bits per heavy atom. The monoisotopic (exact) mass is 477 g/mol. The zero-order chi connectivity index (χ0) is 24.5. The smallest absolute Gasteiger partial charge is 0.270 e. The van der Waals surface area contributed by atoms with Gasteiger partial charge in [-0.25, -0.2) is 4.98 Å². The van der Waals surface area contributed by atoms with Crippen molar-refractivity contribution in [3.63, 3.8) is 0 Å². The summed E-state index contributed by atoms with van der Waals surface area (Å²) in [7, 11) is 0. The van der Waals surface area contributed by atoms with Crippen molar-refractivity contribution in [2.45, 2.75) is 32.6 Å². The van der Waals surface area contributed by atoms with E-state index in [-0.39, 0.29) is 28.0 Å². The fraction of sp³-hybridized carbons (Fsp3) is 0.208. The van der Waals surface area contributed by atoms with Crippen LogP contribution in [-0.2, 0) is 11.8 Å². The molecule has 4 aromatic rings. The summed E-state index contributed by atoms with van der Waals surface area (Å²) in [6.07, 6.45) is 1.72. The number of pyridine rings is 1. The number of fused-ring (bicyclic) bond motifs is 1. The fourth-order valence-electron chi connectivity index (χ4n) is 3.52. The Morgan fingerprint density at radius 2 is 2.00 bits per heavy atom. The average Bonchev–Trinajstić information content (AvgIpc) is 3.18. The third kappa shape index (κ3) is 4.96. The molecule has 0 fully saturated rings. The number of anilines is 1. The maximum absolute atomic E-state index is 12.7. The number of phenolic OH excluding ortho intramolecular Hbond substituents is 1. The molecule has 0 saturated heterocycles. The average molecular weight is 478 g/mol. The first kappa shape index (κ1) is 23.1. The summed E-state index contributed by atoms with van der Waals surface area (Å²) >= 11 is 1.38.